The van der Waals surface area contributed by atoms with Gasteiger partial charge in [-0.1, -0.05) is 24.3 Å². The topological polar surface area (TPSA) is 12.9 Å². The van der Waals surface area contributed by atoms with Crippen molar-refractivity contribution in [2.24, 2.45) is 0 Å². The number of hydrogen-bond acceptors (Lipinski definition) is 1. The molecule has 1 heterocycles. The fourth-order valence-electron chi connectivity index (χ4n) is 1.11. The van der Waals surface area contributed by atoms with Gasteiger partial charge in [0.25, 0.3) is 0 Å². The highest BCUT2D eigenvalue weighted by molar-refractivity contribution is 5.64. The SMILES string of the molecule is C=C(C/C(C)=C\C)c1cccnc1. The number of pyridine rings is 1. The fraction of sp³-hybridized carbons (Fsp3) is 0.250. The molecule has 0 spiro atoms. The molecule has 68 valence electrons. The Hall–Kier alpha value is -1.37. The third-order valence-electron chi connectivity index (χ3n) is 2.05. The molecule has 0 amide bonds. The molecule has 1 heteroatoms. The van der Waals surface area contributed by atoms with Gasteiger partial charge in [0, 0.05) is 12.4 Å². The molecule has 0 N–H and O–H groups in total. The van der Waals surface area contributed by atoms with Crippen molar-refractivity contribution in [2.75, 3.05) is 0 Å². The molecule has 0 aromatic carbocycles. The van der Waals surface area contributed by atoms with Crippen LogP contribution in [0.4, 0.5) is 0 Å². The van der Waals surface area contributed by atoms with E-state index in [1.54, 1.807) is 6.20 Å². The Balaban J connectivity index is 2.70. The lowest BCUT2D eigenvalue weighted by Crippen LogP contribution is -1.85. The van der Waals surface area contributed by atoms with Crippen LogP contribution in [0.1, 0.15) is 25.8 Å². The van der Waals surface area contributed by atoms with Gasteiger partial charge in [-0.2, -0.15) is 0 Å². The van der Waals surface area contributed by atoms with Crippen LogP contribution in [0.2, 0.25) is 0 Å². The summed E-state index contributed by atoms with van der Waals surface area (Å²) >= 11 is 0. The van der Waals surface area contributed by atoms with E-state index in [2.05, 4.69) is 24.6 Å². The minimum atomic E-state index is 0.933. The van der Waals surface area contributed by atoms with Crippen molar-refractivity contribution in [3.8, 4) is 0 Å². The molecule has 13 heavy (non-hydrogen) atoms. The third kappa shape index (κ3) is 2.86. The molecule has 0 unspecified atom stereocenters. The van der Waals surface area contributed by atoms with Gasteiger partial charge in [0.05, 0.1) is 0 Å². The predicted octanol–water partition coefficient (Wildman–Crippen LogP) is 3.45. The van der Waals surface area contributed by atoms with Gasteiger partial charge >= 0.3 is 0 Å². The first-order chi connectivity index (χ1) is 6.24. The minimum absolute atomic E-state index is 0.933. The van der Waals surface area contributed by atoms with E-state index in [9.17, 15) is 0 Å². The Labute approximate surface area is 79.8 Å². The lowest BCUT2D eigenvalue weighted by atomic mass is 10.0. The second kappa shape index (κ2) is 4.61. The van der Waals surface area contributed by atoms with E-state index in [1.807, 2.05) is 25.3 Å². The zero-order valence-electron chi connectivity index (χ0n) is 8.25. The maximum Gasteiger partial charge on any atom is 0.0342 e. The van der Waals surface area contributed by atoms with Crippen LogP contribution in [0.25, 0.3) is 5.57 Å². The van der Waals surface area contributed by atoms with Crippen LogP contribution in [0.3, 0.4) is 0 Å². The van der Waals surface area contributed by atoms with E-state index in [4.69, 9.17) is 0 Å². The molecule has 0 aliphatic heterocycles. The lowest BCUT2D eigenvalue weighted by molar-refractivity contribution is 1.20. The highest BCUT2D eigenvalue weighted by Crippen LogP contribution is 2.18. The Morgan fingerprint density at radius 2 is 2.38 bits per heavy atom. The van der Waals surface area contributed by atoms with Crippen molar-refractivity contribution in [1.29, 1.82) is 0 Å². The molecule has 1 rings (SSSR count). The smallest absolute Gasteiger partial charge is 0.0342 e. The van der Waals surface area contributed by atoms with Crippen LogP contribution in [-0.2, 0) is 0 Å². The molecule has 0 radical (unpaired) electrons. The zero-order valence-corrected chi connectivity index (χ0v) is 8.25. The van der Waals surface area contributed by atoms with Gasteiger partial charge < -0.3 is 0 Å². The lowest BCUT2D eigenvalue weighted by Gasteiger charge is -2.04. The summed E-state index contributed by atoms with van der Waals surface area (Å²) in [5.41, 5.74) is 3.60. The molecule has 0 atom stereocenters. The van der Waals surface area contributed by atoms with Gasteiger partial charge in [-0.25, -0.2) is 0 Å². The molecule has 1 nitrogen and oxygen atoms in total. The van der Waals surface area contributed by atoms with Crippen LogP contribution in [0.15, 0.2) is 42.8 Å². The quantitative estimate of drug-likeness (QED) is 0.638. The second-order valence-corrected chi connectivity index (χ2v) is 3.16. The monoisotopic (exact) mass is 173 g/mol. The number of nitrogens with zero attached hydrogens (tertiary/aromatic N) is 1. The van der Waals surface area contributed by atoms with Gasteiger partial charge in [0.1, 0.15) is 0 Å². The van der Waals surface area contributed by atoms with Crippen LogP contribution < -0.4 is 0 Å². The number of aromatic nitrogens is 1. The van der Waals surface area contributed by atoms with Crippen LogP contribution >= 0.6 is 0 Å². The number of hydrogen-bond donors (Lipinski definition) is 0. The van der Waals surface area contributed by atoms with E-state index >= 15 is 0 Å². The van der Waals surface area contributed by atoms with E-state index in [0.717, 1.165) is 17.6 Å². The van der Waals surface area contributed by atoms with Crippen molar-refractivity contribution in [1.82, 2.24) is 4.98 Å². The Morgan fingerprint density at radius 1 is 1.62 bits per heavy atom. The van der Waals surface area contributed by atoms with Crippen molar-refractivity contribution in [3.05, 3.63) is 48.3 Å². The van der Waals surface area contributed by atoms with Gasteiger partial charge in [0.15, 0.2) is 0 Å². The molecule has 1 aromatic heterocycles. The van der Waals surface area contributed by atoms with Gasteiger partial charge in [0.2, 0.25) is 0 Å². The van der Waals surface area contributed by atoms with Gasteiger partial charge in [-0.3, -0.25) is 4.98 Å². The summed E-state index contributed by atoms with van der Waals surface area (Å²) in [6.07, 6.45) is 6.67. The Bertz CT molecular complexity index is 309. The summed E-state index contributed by atoms with van der Waals surface area (Å²) in [6, 6.07) is 3.98. The summed E-state index contributed by atoms with van der Waals surface area (Å²) in [7, 11) is 0. The molecule has 0 bridgehead atoms. The highest BCUT2D eigenvalue weighted by Gasteiger charge is 1.98. The van der Waals surface area contributed by atoms with E-state index in [0.29, 0.717) is 0 Å². The van der Waals surface area contributed by atoms with Gasteiger partial charge in [-0.05, 0) is 37.5 Å². The Morgan fingerprint density at radius 3 is 2.92 bits per heavy atom. The number of allylic oxidation sites excluding steroid dienone is 3. The maximum atomic E-state index is 4.06. The fourth-order valence-corrected chi connectivity index (χ4v) is 1.11. The summed E-state index contributed by atoms with van der Waals surface area (Å²) in [5.74, 6) is 0. The van der Waals surface area contributed by atoms with Crippen molar-refractivity contribution in [2.45, 2.75) is 20.3 Å². The zero-order chi connectivity index (χ0) is 9.68. The van der Waals surface area contributed by atoms with E-state index < -0.39 is 0 Å². The maximum absolute atomic E-state index is 4.06. The first kappa shape index (κ1) is 9.72. The Kier molecular flexibility index (Phi) is 3.44. The third-order valence-corrected chi connectivity index (χ3v) is 2.05. The molecule has 0 fully saturated rings. The highest BCUT2D eigenvalue weighted by atomic mass is 14.6. The molecule has 0 saturated heterocycles. The first-order valence-corrected chi connectivity index (χ1v) is 4.44. The van der Waals surface area contributed by atoms with Crippen LogP contribution in [-0.4, -0.2) is 4.98 Å². The van der Waals surface area contributed by atoms with Crippen molar-refractivity contribution in [3.63, 3.8) is 0 Å². The second-order valence-electron chi connectivity index (χ2n) is 3.16. The van der Waals surface area contributed by atoms with E-state index in [-0.39, 0.29) is 0 Å². The predicted molar refractivity (Wildman–Crippen MR) is 57.3 cm³/mol. The average molecular weight is 173 g/mol. The summed E-state index contributed by atoms with van der Waals surface area (Å²) in [6.45, 7) is 8.19. The number of rotatable bonds is 3. The largest absolute Gasteiger partial charge is 0.264 e. The van der Waals surface area contributed by atoms with E-state index in [1.165, 1.54) is 5.57 Å². The minimum Gasteiger partial charge on any atom is -0.264 e. The molecular weight excluding hydrogens is 158 g/mol. The van der Waals surface area contributed by atoms with Crippen LogP contribution in [0.5, 0.6) is 0 Å². The summed E-state index contributed by atoms with van der Waals surface area (Å²) in [4.78, 5) is 4.06. The molecule has 0 aliphatic carbocycles. The molecule has 0 aliphatic rings. The normalized spacial score (nSPS) is 11.4. The average Bonchev–Trinajstić information content (AvgIpc) is 2.19. The summed E-state index contributed by atoms with van der Waals surface area (Å²) in [5, 5.41) is 0. The summed E-state index contributed by atoms with van der Waals surface area (Å²) < 4.78 is 0. The molecule has 1 aromatic rings. The first-order valence-electron chi connectivity index (χ1n) is 4.44. The standard InChI is InChI=1S/C12H15N/c1-4-10(2)8-11(3)12-6-5-7-13-9-12/h4-7,9H,3,8H2,1-2H3/b10-4-. The molecule has 0 saturated carbocycles. The van der Waals surface area contributed by atoms with Crippen LogP contribution in [0, 0.1) is 0 Å². The van der Waals surface area contributed by atoms with Gasteiger partial charge in [-0.15, -0.1) is 0 Å². The van der Waals surface area contributed by atoms with Crippen molar-refractivity contribution < 1.29 is 0 Å². The molecular formula is C12H15N. The van der Waals surface area contributed by atoms with Crippen molar-refractivity contribution >= 4 is 5.57 Å².